The van der Waals surface area contributed by atoms with Gasteiger partial charge in [0.05, 0.1) is 18.2 Å². The number of hydrogen-bond acceptors (Lipinski definition) is 3. The van der Waals surface area contributed by atoms with E-state index >= 15 is 0 Å². The standard InChI is InChI=1S/C10H14BrNO2/c1-14-9-4-2-3-7(10(9)11)5-8(12)6-13/h2-4,8,13H,5-6,12H2,1H3. The number of benzene rings is 1. The molecule has 0 radical (unpaired) electrons. The number of methoxy groups -OCH3 is 1. The average molecular weight is 260 g/mol. The van der Waals surface area contributed by atoms with Crippen LogP contribution in [0.2, 0.25) is 0 Å². The van der Waals surface area contributed by atoms with Gasteiger partial charge in [0.25, 0.3) is 0 Å². The van der Waals surface area contributed by atoms with Crippen LogP contribution < -0.4 is 10.5 Å². The topological polar surface area (TPSA) is 55.5 Å². The fourth-order valence-corrected chi connectivity index (χ4v) is 1.81. The molecular formula is C10H14BrNO2. The first-order valence-electron chi connectivity index (χ1n) is 4.36. The Labute approximate surface area is 92.0 Å². The Kier molecular flexibility index (Phi) is 4.38. The zero-order valence-electron chi connectivity index (χ0n) is 8.03. The third kappa shape index (κ3) is 2.70. The summed E-state index contributed by atoms with van der Waals surface area (Å²) < 4.78 is 6.06. The number of ether oxygens (including phenoxy) is 1. The van der Waals surface area contributed by atoms with E-state index in [4.69, 9.17) is 15.6 Å². The van der Waals surface area contributed by atoms with Gasteiger partial charge in [0.15, 0.2) is 0 Å². The zero-order chi connectivity index (χ0) is 10.6. The van der Waals surface area contributed by atoms with Gasteiger partial charge in [-0.15, -0.1) is 0 Å². The highest BCUT2D eigenvalue weighted by atomic mass is 79.9. The van der Waals surface area contributed by atoms with Gasteiger partial charge < -0.3 is 15.6 Å². The Morgan fingerprint density at radius 2 is 2.29 bits per heavy atom. The van der Waals surface area contributed by atoms with Crippen LogP contribution in [0.15, 0.2) is 22.7 Å². The smallest absolute Gasteiger partial charge is 0.133 e. The minimum Gasteiger partial charge on any atom is -0.496 e. The van der Waals surface area contributed by atoms with E-state index < -0.39 is 0 Å². The molecule has 78 valence electrons. The molecule has 4 heteroatoms. The van der Waals surface area contributed by atoms with E-state index in [1.807, 2.05) is 18.2 Å². The lowest BCUT2D eigenvalue weighted by Crippen LogP contribution is -2.26. The lowest BCUT2D eigenvalue weighted by molar-refractivity contribution is 0.265. The molecule has 0 saturated carbocycles. The number of aliphatic hydroxyl groups is 1. The number of rotatable bonds is 4. The predicted octanol–water partition coefficient (Wildman–Crippen LogP) is 1.32. The molecular weight excluding hydrogens is 246 g/mol. The third-order valence-electron chi connectivity index (χ3n) is 1.98. The summed E-state index contributed by atoms with van der Waals surface area (Å²) >= 11 is 3.44. The van der Waals surface area contributed by atoms with Crippen molar-refractivity contribution in [1.29, 1.82) is 0 Å². The molecule has 0 spiro atoms. The van der Waals surface area contributed by atoms with Gasteiger partial charge >= 0.3 is 0 Å². The van der Waals surface area contributed by atoms with Gasteiger partial charge in [-0.2, -0.15) is 0 Å². The highest BCUT2D eigenvalue weighted by molar-refractivity contribution is 9.10. The van der Waals surface area contributed by atoms with Gasteiger partial charge in [0, 0.05) is 6.04 Å². The number of aliphatic hydroxyl groups excluding tert-OH is 1. The molecule has 0 aromatic heterocycles. The van der Waals surface area contributed by atoms with Gasteiger partial charge in [0.1, 0.15) is 5.75 Å². The second-order valence-corrected chi connectivity index (χ2v) is 3.87. The van der Waals surface area contributed by atoms with Crippen LogP contribution in [-0.4, -0.2) is 24.9 Å². The van der Waals surface area contributed by atoms with E-state index in [9.17, 15) is 0 Å². The molecule has 0 fully saturated rings. The van der Waals surface area contributed by atoms with Crippen LogP contribution in [0.5, 0.6) is 5.75 Å². The summed E-state index contributed by atoms with van der Waals surface area (Å²) in [5, 5.41) is 8.84. The predicted molar refractivity (Wildman–Crippen MR) is 59.5 cm³/mol. The summed E-state index contributed by atoms with van der Waals surface area (Å²) in [6, 6.07) is 5.52. The summed E-state index contributed by atoms with van der Waals surface area (Å²) in [6.45, 7) is -0.0103. The minimum absolute atomic E-state index is 0.0103. The van der Waals surface area contributed by atoms with Gasteiger partial charge in [-0.05, 0) is 34.0 Å². The molecule has 1 aromatic carbocycles. The van der Waals surface area contributed by atoms with Crippen molar-refractivity contribution >= 4 is 15.9 Å². The highest BCUT2D eigenvalue weighted by Crippen LogP contribution is 2.28. The molecule has 1 unspecified atom stereocenters. The van der Waals surface area contributed by atoms with E-state index in [0.717, 1.165) is 15.8 Å². The van der Waals surface area contributed by atoms with E-state index in [2.05, 4.69) is 15.9 Å². The number of nitrogens with two attached hydrogens (primary N) is 1. The largest absolute Gasteiger partial charge is 0.496 e. The Bertz CT molecular complexity index is 304. The van der Waals surface area contributed by atoms with Gasteiger partial charge in [-0.25, -0.2) is 0 Å². The van der Waals surface area contributed by atoms with Crippen LogP contribution in [-0.2, 0) is 6.42 Å². The van der Waals surface area contributed by atoms with Crippen molar-refractivity contribution in [3.05, 3.63) is 28.2 Å². The fourth-order valence-electron chi connectivity index (χ4n) is 1.22. The Balaban J connectivity index is 2.86. The number of halogens is 1. The summed E-state index contributed by atoms with van der Waals surface area (Å²) in [5.41, 5.74) is 6.70. The monoisotopic (exact) mass is 259 g/mol. The van der Waals surface area contributed by atoms with E-state index in [1.54, 1.807) is 7.11 Å². The second kappa shape index (κ2) is 5.34. The van der Waals surface area contributed by atoms with E-state index in [1.165, 1.54) is 0 Å². The molecule has 14 heavy (non-hydrogen) atoms. The Hall–Kier alpha value is -0.580. The molecule has 0 aliphatic carbocycles. The fraction of sp³-hybridized carbons (Fsp3) is 0.400. The lowest BCUT2D eigenvalue weighted by Gasteiger charge is -2.11. The van der Waals surface area contributed by atoms with Crippen molar-refractivity contribution in [2.24, 2.45) is 5.73 Å². The molecule has 1 rings (SSSR count). The Morgan fingerprint density at radius 3 is 2.86 bits per heavy atom. The van der Waals surface area contributed by atoms with Crippen LogP contribution in [0.1, 0.15) is 5.56 Å². The maximum atomic E-state index is 8.84. The molecule has 0 heterocycles. The van der Waals surface area contributed by atoms with Gasteiger partial charge in [0.2, 0.25) is 0 Å². The lowest BCUT2D eigenvalue weighted by atomic mass is 10.1. The van der Waals surface area contributed by atoms with Crippen molar-refractivity contribution in [1.82, 2.24) is 0 Å². The van der Waals surface area contributed by atoms with Crippen LogP contribution >= 0.6 is 15.9 Å². The van der Waals surface area contributed by atoms with Crippen molar-refractivity contribution in [2.75, 3.05) is 13.7 Å². The normalized spacial score (nSPS) is 12.6. The van der Waals surface area contributed by atoms with Gasteiger partial charge in [-0.3, -0.25) is 0 Å². The first kappa shape index (κ1) is 11.5. The second-order valence-electron chi connectivity index (χ2n) is 3.08. The average Bonchev–Trinajstić information content (AvgIpc) is 2.21. The van der Waals surface area contributed by atoms with Crippen LogP contribution in [0.3, 0.4) is 0 Å². The highest BCUT2D eigenvalue weighted by Gasteiger charge is 2.09. The molecule has 3 N–H and O–H groups in total. The summed E-state index contributed by atoms with van der Waals surface area (Å²) in [5.74, 6) is 0.785. The van der Waals surface area contributed by atoms with Crippen molar-refractivity contribution in [3.8, 4) is 5.75 Å². The molecule has 0 amide bonds. The summed E-state index contributed by atoms with van der Waals surface area (Å²) in [4.78, 5) is 0. The molecule has 3 nitrogen and oxygen atoms in total. The molecule has 0 bridgehead atoms. The molecule has 0 saturated heterocycles. The maximum Gasteiger partial charge on any atom is 0.133 e. The van der Waals surface area contributed by atoms with Crippen LogP contribution in [0.25, 0.3) is 0 Å². The first-order chi connectivity index (χ1) is 6.69. The summed E-state index contributed by atoms with van der Waals surface area (Å²) in [6.07, 6.45) is 0.633. The summed E-state index contributed by atoms with van der Waals surface area (Å²) in [7, 11) is 1.62. The first-order valence-corrected chi connectivity index (χ1v) is 5.16. The molecule has 0 aliphatic rings. The van der Waals surface area contributed by atoms with Crippen molar-refractivity contribution < 1.29 is 9.84 Å². The van der Waals surface area contributed by atoms with Crippen molar-refractivity contribution in [3.63, 3.8) is 0 Å². The molecule has 1 aromatic rings. The molecule has 1 atom stereocenters. The van der Waals surface area contributed by atoms with E-state index in [0.29, 0.717) is 6.42 Å². The number of hydrogen-bond donors (Lipinski definition) is 2. The van der Waals surface area contributed by atoms with Crippen molar-refractivity contribution in [2.45, 2.75) is 12.5 Å². The van der Waals surface area contributed by atoms with E-state index in [-0.39, 0.29) is 12.6 Å². The van der Waals surface area contributed by atoms with Crippen LogP contribution in [0.4, 0.5) is 0 Å². The maximum absolute atomic E-state index is 8.84. The zero-order valence-corrected chi connectivity index (χ0v) is 9.62. The quantitative estimate of drug-likeness (QED) is 0.858. The third-order valence-corrected chi connectivity index (χ3v) is 2.88. The van der Waals surface area contributed by atoms with Gasteiger partial charge in [-0.1, -0.05) is 12.1 Å². The van der Waals surface area contributed by atoms with Crippen LogP contribution in [0, 0.1) is 0 Å². The molecule has 0 aliphatic heterocycles. The Morgan fingerprint density at radius 1 is 1.57 bits per heavy atom. The minimum atomic E-state index is -0.224. The SMILES string of the molecule is COc1cccc(CC(N)CO)c1Br.